The van der Waals surface area contributed by atoms with Crippen molar-refractivity contribution in [3.63, 3.8) is 0 Å². The lowest BCUT2D eigenvalue weighted by Gasteiger charge is -2.36. The predicted octanol–water partition coefficient (Wildman–Crippen LogP) is 19.9. The van der Waals surface area contributed by atoms with Gasteiger partial charge in [-0.05, 0) is 139 Å². The topological polar surface area (TPSA) is 178 Å². The van der Waals surface area contributed by atoms with Gasteiger partial charge in [-0.15, -0.1) is 12.4 Å². The molecule has 95 heavy (non-hydrogen) atoms. The number of hydrogen-bond donors (Lipinski definition) is 4. The minimum absolute atomic E-state index is 0. The molecule has 2 amide bonds. The van der Waals surface area contributed by atoms with Crippen LogP contribution >= 0.6 is 59.5 Å². The Morgan fingerprint density at radius 2 is 0.558 bits per heavy atom. The average molecular weight is 1370 g/mol. The molecular formula is C78H89ClN8O4S4. The molecule has 4 aliphatic heterocycles. The van der Waals surface area contributed by atoms with Crippen molar-refractivity contribution in [1.29, 1.82) is 0 Å². The Bertz CT molecular complexity index is 3620. The van der Waals surface area contributed by atoms with Crippen LogP contribution in [-0.4, -0.2) is 44.1 Å². The number of carbonyl (C=O) groups is 2. The van der Waals surface area contributed by atoms with Gasteiger partial charge >= 0.3 is 12.2 Å². The third kappa shape index (κ3) is 21.1. The van der Waals surface area contributed by atoms with Crippen LogP contribution in [0.15, 0.2) is 263 Å². The summed E-state index contributed by atoms with van der Waals surface area (Å²) in [6.07, 6.45) is 2.69. The van der Waals surface area contributed by atoms with Gasteiger partial charge < -0.3 is 20.9 Å². The molecule has 12 nitrogen and oxygen atoms in total. The van der Waals surface area contributed by atoms with Crippen molar-refractivity contribution in [1.82, 2.24) is 10.6 Å². The van der Waals surface area contributed by atoms with E-state index in [4.69, 9.17) is 40.9 Å². The summed E-state index contributed by atoms with van der Waals surface area (Å²) in [6, 6.07) is 83.1. The number of aliphatic imine (C=N–C) groups is 4. The molecule has 4 heterocycles. The van der Waals surface area contributed by atoms with Crippen molar-refractivity contribution in [2.24, 2.45) is 31.4 Å². The lowest BCUT2D eigenvalue weighted by atomic mass is 9.86. The molecule has 12 rings (SSSR count). The summed E-state index contributed by atoms with van der Waals surface area (Å²) in [4.78, 5) is 43.8. The Kier molecular flexibility index (Phi) is 25.2. The fourth-order valence-corrected chi connectivity index (χ4v) is 16.9. The first-order chi connectivity index (χ1) is 44.8. The Morgan fingerprint density at radius 1 is 0.358 bits per heavy atom. The Labute approximate surface area is 585 Å². The van der Waals surface area contributed by atoms with Gasteiger partial charge in [-0.3, -0.25) is 30.6 Å². The Hall–Kier alpha value is -7.73. The molecule has 0 spiro atoms. The van der Waals surface area contributed by atoms with Crippen LogP contribution < -0.4 is 22.1 Å². The summed E-state index contributed by atoms with van der Waals surface area (Å²) >= 11 is 6.48. The lowest BCUT2D eigenvalue weighted by molar-refractivity contribution is 0.0552. The molecule has 8 aromatic rings. The molecule has 0 fully saturated rings. The maximum atomic E-state index is 12.3. The molecule has 4 aliphatic rings. The van der Waals surface area contributed by atoms with E-state index in [2.05, 4.69) is 184 Å². The van der Waals surface area contributed by atoms with Gasteiger partial charge in [0.1, 0.15) is 11.2 Å². The number of amidine groups is 4. The zero-order chi connectivity index (χ0) is 67.0. The number of carbonyl (C=O) groups excluding carboxylic acids is 2. The molecule has 0 aromatic heterocycles. The van der Waals surface area contributed by atoms with Crippen molar-refractivity contribution in [3.05, 3.63) is 287 Å². The highest BCUT2D eigenvalue weighted by atomic mass is 35.5. The van der Waals surface area contributed by atoms with Crippen LogP contribution in [0.3, 0.4) is 0 Å². The number of thioether (sulfide) groups is 4. The van der Waals surface area contributed by atoms with Gasteiger partial charge in [0, 0.05) is 21.0 Å². The highest BCUT2D eigenvalue weighted by molar-refractivity contribution is 8.14. The number of nitrogens with zero attached hydrogens (tertiary/aromatic N) is 4. The molecule has 8 aromatic carbocycles. The van der Waals surface area contributed by atoms with Crippen molar-refractivity contribution in [2.45, 2.75) is 149 Å². The number of benzene rings is 8. The smallest absolute Gasteiger partial charge is 0.413 e. The number of nitrogens with one attached hydrogen (secondary N) is 2. The van der Waals surface area contributed by atoms with E-state index in [9.17, 15) is 9.59 Å². The van der Waals surface area contributed by atoms with Gasteiger partial charge in [0.25, 0.3) is 0 Å². The number of nitrogens with two attached hydrogens (primary N) is 2. The quantitative estimate of drug-likeness (QED) is 0.114. The molecule has 0 bridgehead atoms. The van der Waals surface area contributed by atoms with Crippen molar-refractivity contribution >= 4 is 92.3 Å². The third-order valence-corrected chi connectivity index (χ3v) is 20.7. The van der Waals surface area contributed by atoms with Gasteiger partial charge in [-0.25, -0.2) is 9.59 Å². The number of halogens is 1. The van der Waals surface area contributed by atoms with Crippen molar-refractivity contribution in [2.75, 3.05) is 0 Å². The Morgan fingerprint density at radius 3 is 0.779 bits per heavy atom. The van der Waals surface area contributed by atoms with Gasteiger partial charge in [0.2, 0.25) is 0 Å². The van der Waals surface area contributed by atoms with Crippen LogP contribution in [0.4, 0.5) is 9.59 Å². The molecular weight excluding hydrogens is 1280 g/mol. The maximum absolute atomic E-state index is 12.3. The normalized spacial score (nSPS) is 23.9. The second kappa shape index (κ2) is 32.8. The number of ether oxygens (including phenoxy) is 2. The zero-order valence-corrected chi connectivity index (χ0v) is 59.9. The zero-order valence-electron chi connectivity index (χ0n) is 55.8. The molecule has 6 N–H and O–H groups in total. The predicted molar refractivity (Wildman–Crippen MR) is 405 cm³/mol. The van der Waals surface area contributed by atoms with Gasteiger partial charge in [-0.1, -0.05) is 290 Å². The Balaban J connectivity index is 0.000000163. The fraction of sp³-hybridized carbons (Fsp3) is 0.308. The van der Waals surface area contributed by atoms with Crippen LogP contribution in [0.2, 0.25) is 0 Å². The molecule has 0 aliphatic carbocycles. The van der Waals surface area contributed by atoms with E-state index < -0.39 is 34.5 Å². The van der Waals surface area contributed by atoms with Gasteiger partial charge in [0.15, 0.2) is 20.7 Å². The summed E-state index contributed by atoms with van der Waals surface area (Å²) in [5, 5.41) is 9.35. The fourth-order valence-electron chi connectivity index (χ4n) is 11.6. The van der Waals surface area contributed by atoms with Crippen LogP contribution in [-0.2, 0) is 31.6 Å². The molecule has 0 saturated heterocycles. The minimum Gasteiger partial charge on any atom is -0.444 e. The summed E-state index contributed by atoms with van der Waals surface area (Å²) in [5.41, 5.74) is 19.6. The van der Waals surface area contributed by atoms with Crippen LogP contribution in [0, 0.1) is 0 Å². The first kappa shape index (κ1) is 73.1. The molecule has 0 radical (unpaired) electrons. The highest BCUT2D eigenvalue weighted by Gasteiger charge is 2.40. The van der Waals surface area contributed by atoms with Crippen molar-refractivity contribution < 1.29 is 19.1 Å². The van der Waals surface area contributed by atoms with E-state index >= 15 is 0 Å². The van der Waals surface area contributed by atoms with E-state index in [1.54, 1.807) is 47.0 Å². The SMILES string of the molecule is CC(C)(C)OC(=O)NC1=N[C@@](C)(c2ccccc2)C[C@@H](c2ccccc2)S1.CC(C)(C)OC(=O)NC1=N[C@@](C)(c2ccccc2)C[C@H](c2ccccc2)S1.C[C@]1(c2ccccc2)C[C@@H](c2ccccc2)SC(N)=N1.C[C@]1(c2ccccc2)C[C@H](c2ccccc2)SC(N)=N1.Cl. The molecule has 496 valence electrons. The van der Waals surface area contributed by atoms with E-state index in [0.717, 1.165) is 36.8 Å². The number of rotatable bonds is 8. The van der Waals surface area contributed by atoms with E-state index in [1.165, 1.54) is 33.4 Å². The summed E-state index contributed by atoms with van der Waals surface area (Å²) in [6.45, 7) is 19.7. The van der Waals surface area contributed by atoms with Gasteiger partial charge in [-0.2, -0.15) is 0 Å². The van der Waals surface area contributed by atoms with E-state index in [1.807, 2.05) is 139 Å². The standard InChI is InChI=1S/2C22H26N2O2S.2C17H18N2S.ClH/c2*1-21(2,3)26-20(25)23-19-24-22(4,17-13-9-6-10-14-17)15-18(27-19)16-11-7-5-8-12-16;2*1-17(14-10-6-3-7-11-14)12-15(20-16(18)19-17)13-8-4-2-5-9-13;/h2*5-14,18H,15H2,1-4H3,(H,23,24,25);2*2-11,15H,12H2,1H3,(H2,18,19);1H/t18-,22+;18-,22-;15-,17+;15-,17-;/m0101./s1. The number of amides is 2. The highest BCUT2D eigenvalue weighted by Crippen LogP contribution is 2.50. The maximum Gasteiger partial charge on any atom is 0.413 e. The number of alkyl carbamates (subject to hydrolysis) is 2. The third-order valence-electron chi connectivity index (χ3n) is 16.3. The monoisotopic (exact) mass is 1360 g/mol. The lowest BCUT2D eigenvalue weighted by Crippen LogP contribution is -2.39. The second-order valence-electron chi connectivity index (χ2n) is 26.4. The molecule has 17 heteroatoms. The van der Waals surface area contributed by atoms with Crippen molar-refractivity contribution in [3.8, 4) is 0 Å². The molecule has 8 atom stereocenters. The average Bonchev–Trinajstić information content (AvgIpc) is 0.861. The minimum atomic E-state index is -0.550. The van der Waals surface area contributed by atoms with Crippen LogP contribution in [0.1, 0.15) is 160 Å². The summed E-state index contributed by atoms with van der Waals surface area (Å²) in [5.74, 6) is 0. The number of hydrogen-bond acceptors (Lipinski definition) is 14. The first-order valence-electron chi connectivity index (χ1n) is 31.8. The molecule has 0 unspecified atom stereocenters. The van der Waals surface area contributed by atoms with Crippen LogP contribution in [0.25, 0.3) is 0 Å². The van der Waals surface area contributed by atoms with Gasteiger partial charge in [0.05, 0.1) is 22.2 Å². The first-order valence-corrected chi connectivity index (χ1v) is 35.4. The second-order valence-corrected chi connectivity index (χ2v) is 31.3. The molecule has 0 saturated carbocycles. The summed E-state index contributed by atoms with van der Waals surface area (Å²) in [7, 11) is 0. The van der Waals surface area contributed by atoms with E-state index in [-0.39, 0.29) is 34.0 Å². The summed E-state index contributed by atoms with van der Waals surface area (Å²) < 4.78 is 10.8. The largest absolute Gasteiger partial charge is 0.444 e. The van der Waals surface area contributed by atoms with Crippen LogP contribution in [0.5, 0.6) is 0 Å². The van der Waals surface area contributed by atoms with E-state index in [0.29, 0.717) is 31.2 Å².